The number of nitrogens with zero attached hydrogens (tertiary/aromatic N) is 2. The second-order valence-electron chi connectivity index (χ2n) is 10.4. The predicted molar refractivity (Wildman–Crippen MR) is 146 cm³/mol. The summed E-state index contributed by atoms with van der Waals surface area (Å²) in [6.45, 7) is -1.71. The standard InChI is InChI=1S/C30H25F5N4O5/c1-28(27(36)41)14-44-25-21(28)11-22(39-24(25)16-4-6-20(32)7-5-16)29(42,30(33,34)35)13-38-26(40)18-9-17-3-2-8-37-23(17)19(10-18)12-43-15-31/h2-11,42H,12-15H2,1H3,(H2,36,41)(H,38,40)/t28-,29-/m0/s1. The van der Waals surface area contributed by atoms with Gasteiger partial charge in [0.1, 0.15) is 29.3 Å². The molecule has 230 valence electrons. The molecule has 2 aromatic carbocycles. The van der Waals surface area contributed by atoms with E-state index in [0.29, 0.717) is 16.5 Å². The van der Waals surface area contributed by atoms with Crippen molar-refractivity contribution in [2.45, 2.75) is 30.7 Å². The maximum atomic E-state index is 14.7. The Hall–Kier alpha value is -4.69. The van der Waals surface area contributed by atoms with E-state index in [0.717, 1.165) is 18.2 Å². The van der Waals surface area contributed by atoms with E-state index in [1.54, 1.807) is 12.1 Å². The van der Waals surface area contributed by atoms with Crippen molar-refractivity contribution >= 4 is 22.7 Å². The number of nitrogens with two attached hydrogens (primary N) is 1. The summed E-state index contributed by atoms with van der Waals surface area (Å²) in [5.41, 5.74) is -0.250. The van der Waals surface area contributed by atoms with Gasteiger partial charge in [0.05, 0.1) is 24.4 Å². The van der Waals surface area contributed by atoms with Gasteiger partial charge in [-0.2, -0.15) is 13.2 Å². The molecule has 1 aliphatic rings. The highest BCUT2D eigenvalue weighted by Gasteiger charge is 2.57. The molecule has 14 heteroatoms. The van der Waals surface area contributed by atoms with Crippen LogP contribution in [0.5, 0.6) is 5.75 Å². The minimum Gasteiger partial charge on any atom is -0.489 e. The number of alkyl halides is 4. The maximum absolute atomic E-state index is 14.7. The van der Waals surface area contributed by atoms with Crippen LogP contribution in [0, 0.1) is 5.82 Å². The van der Waals surface area contributed by atoms with Crippen molar-refractivity contribution in [1.29, 1.82) is 0 Å². The number of nitrogens with one attached hydrogen (secondary N) is 1. The normalized spacial score (nSPS) is 17.5. The van der Waals surface area contributed by atoms with Crippen molar-refractivity contribution in [2.75, 3.05) is 20.0 Å². The lowest BCUT2D eigenvalue weighted by Crippen LogP contribution is -2.51. The van der Waals surface area contributed by atoms with E-state index in [-0.39, 0.29) is 41.3 Å². The molecule has 0 bridgehead atoms. The molecular formula is C30H25F5N4O5. The zero-order valence-corrected chi connectivity index (χ0v) is 23.0. The molecule has 4 aromatic rings. The molecule has 9 nitrogen and oxygen atoms in total. The van der Waals surface area contributed by atoms with Crippen LogP contribution < -0.4 is 15.8 Å². The lowest BCUT2D eigenvalue weighted by atomic mass is 9.81. The quantitative estimate of drug-likeness (QED) is 0.240. The Morgan fingerprint density at radius 2 is 1.89 bits per heavy atom. The SMILES string of the molecule is C[C@]1(C(N)=O)COc2c1cc([C@@](O)(CNC(=O)c1cc(COCF)c3ncccc3c1)C(F)(F)F)nc2-c1ccc(F)cc1. The maximum Gasteiger partial charge on any atom is 0.424 e. The summed E-state index contributed by atoms with van der Waals surface area (Å²) in [4.78, 5) is 33.8. The largest absolute Gasteiger partial charge is 0.489 e. The smallest absolute Gasteiger partial charge is 0.424 e. The second-order valence-corrected chi connectivity index (χ2v) is 10.4. The van der Waals surface area contributed by atoms with Crippen LogP contribution in [-0.2, 0) is 27.2 Å². The van der Waals surface area contributed by atoms with Gasteiger partial charge in [0.2, 0.25) is 11.5 Å². The van der Waals surface area contributed by atoms with Crippen LogP contribution in [0.4, 0.5) is 22.0 Å². The molecule has 0 radical (unpaired) electrons. The van der Waals surface area contributed by atoms with Crippen LogP contribution in [0.15, 0.2) is 60.8 Å². The van der Waals surface area contributed by atoms with Gasteiger partial charge in [0.25, 0.3) is 5.91 Å². The molecule has 0 unspecified atom stereocenters. The first-order valence-corrected chi connectivity index (χ1v) is 13.1. The summed E-state index contributed by atoms with van der Waals surface area (Å²) in [6, 6.07) is 11.3. The lowest BCUT2D eigenvalue weighted by Gasteiger charge is -2.31. The number of ether oxygens (including phenoxy) is 2. The summed E-state index contributed by atoms with van der Waals surface area (Å²) in [5, 5.41) is 13.8. The lowest BCUT2D eigenvalue weighted by molar-refractivity contribution is -0.265. The van der Waals surface area contributed by atoms with Crippen molar-refractivity contribution in [1.82, 2.24) is 15.3 Å². The topological polar surface area (TPSA) is 137 Å². The molecule has 4 N–H and O–H groups in total. The van der Waals surface area contributed by atoms with E-state index in [4.69, 9.17) is 15.2 Å². The van der Waals surface area contributed by atoms with Crippen molar-refractivity contribution in [3.63, 3.8) is 0 Å². The predicted octanol–water partition coefficient (Wildman–Crippen LogP) is 4.19. The van der Waals surface area contributed by atoms with Crippen molar-refractivity contribution < 1.29 is 46.1 Å². The molecule has 1 aliphatic heterocycles. The number of carbonyl (C=O) groups excluding carboxylic acids is 2. The third-order valence-electron chi connectivity index (χ3n) is 7.51. The number of hydrogen-bond donors (Lipinski definition) is 3. The van der Waals surface area contributed by atoms with Gasteiger partial charge in [-0.25, -0.2) is 13.8 Å². The van der Waals surface area contributed by atoms with Gasteiger partial charge in [0, 0.05) is 33.8 Å². The highest BCUT2D eigenvalue weighted by molar-refractivity contribution is 5.99. The van der Waals surface area contributed by atoms with Crippen molar-refractivity contribution in [3.8, 4) is 17.0 Å². The Kier molecular flexibility index (Phi) is 7.99. The Bertz CT molecular complexity index is 1750. The minimum absolute atomic E-state index is 0.0528. The van der Waals surface area contributed by atoms with Gasteiger partial charge in [0.15, 0.2) is 6.86 Å². The van der Waals surface area contributed by atoms with Crippen LogP contribution in [-0.4, -0.2) is 53.1 Å². The highest BCUT2D eigenvalue weighted by atomic mass is 19.4. The number of fused-ring (bicyclic) bond motifs is 2. The van der Waals surface area contributed by atoms with E-state index in [1.165, 1.54) is 37.4 Å². The molecule has 2 aromatic heterocycles. The minimum atomic E-state index is -5.39. The number of aromatic nitrogens is 2. The fourth-order valence-corrected chi connectivity index (χ4v) is 4.91. The van der Waals surface area contributed by atoms with Gasteiger partial charge in [-0.3, -0.25) is 14.6 Å². The van der Waals surface area contributed by atoms with Crippen LogP contribution in [0.3, 0.4) is 0 Å². The number of halogens is 5. The fraction of sp³-hybridized carbons (Fsp3) is 0.267. The van der Waals surface area contributed by atoms with Gasteiger partial charge < -0.3 is 25.6 Å². The second kappa shape index (κ2) is 11.4. The van der Waals surface area contributed by atoms with Gasteiger partial charge in [-0.15, -0.1) is 0 Å². The number of benzene rings is 2. The van der Waals surface area contributed by atoms with Gasteiger partial charge in [-0.1, -0.05) is 6.07 Å². The molecule has 0 saturated carbocycles. The molecular weight excluding hydrogens is 591 g/mol. The monoisotopic (exact) mass is 616 g/mol. The summed E-state index contributed by atoms with van der Waals surface area (Å²) in [6.07, 6.45) is -3.92. The third kappa shape index (κ3) is 5.42. The first kappa shape index (κ1) is 30.8. The number of rotatable bonds is 9. The average Bonchev–Trinajstić information content (AvgIpc) is 3.35. The van der Waals surface area contributed by atoms with E-state index >= 15 is 0 Å². The molecule has 0 fully saturated rings. The molecule has 44 heavy (non-hydrogen) atoms. The molecule has 3 heterocycles. The van der Waals surface area contributed by atoms with Gasteiger partial charge >= 0.3 is 6.18 Å². The first-order chi connectivity index (χ1) is 20.8. The number of pyridine rings is 2. The average molecular weight is 617 g/mol. The Balaban J connectivity index is 1.57. The van der Waals surface area contributed by atoms with Crippen molar-refractivity contribution in [3.05, 3.63) is 89.0 Å². The molecule has 5 rings (SSSR count). The van der Waals surface area contributed by atoms with Crippen LogP contribution >= 0.6 is 0 Å². The van der Waals surface area contributed by atoms with E-state index < -0.39 is 53.9 Å². The van der Waals surface area contributed by atoms with Crippen LogP contribution in [0.2, 0.25) is 0 Å². The number of carbonyl (C=O) groups is 2. The number of primary amides is 1. The number of aliphatic hydroxyl groups is 1. The number of hydrogen-bond acceptors (Lipinski definition) is 7. The van der Waals surface area contributed by atoms with Crippen molar-refractivity contribution in [2.24, 2.45) is 5.73 Å². The summed E-state index contributed by atoms with van der Waals surface area (Å²) < 4.78 is 80.8. The number of amides is 2. The highest BCUT2D eigenvalue weighted by Crippen LogP contribution is 2.47. The molecule has 2 amide bonds. The zero-order chi connectivity index (χ0) is 31.9. The summed E-state index contributed by atoms with van der Waals surface area (Å²) >= 11 is 0. The van der Waals surface area contributed by atoms with E-state index in [2.05, 4.69) is 15.3 Å². The Labute approximate surface area is 246 Å². The third-order valence-corrected chi connectivity index (χ3v) is 7.51. The van der Waals surface area contributed by atoms with E-state index in [9.17, 15) is 36.6 Å². The Morgan fingerprint density at radius 3 is 2.55 bits per heavy atom. The van der Waals surface area contributed by atoms with Crippen LogP contribution in [0.1, 0.15) is 34.1 Å². The molecule has 0 saturated heterocycles. The molecule has 2 atom stereocenters. The zero-order valence-electron chi connectivity index (χ0n) is 23.0. The first-order valence-electron chi connectivity index (χ1n) is 13.1. The molecule has 0 spiro atoms. The van der Waals surface area contributed by atoms with E-state index in [1.807, 2.05) is 0 Å². The van der Waals surface area contributed by atoms with Crippen LogP contribution in [0.25, 0.3) is 22.2 Å². The fourth-order valence-electron chi connectivity index (χ4n) is 4.91. The molecule has 0 aliphatic carbocycles. The Morgan fingerprint density at radius 1 is 1.16 bits per heavy atom. The van der Waals surface area contributed by atoms with Gasteiger partial charge in [-0.05, 0) is 55.5 Å². The summed E-state index contributed by atoms with van der Waals surface area (Å²) in [5.74, 6) is -2.57. The summed E-state index contributed by atoms with van der Waals surface area (Å²) in [7, 11) is 0.